The first-order chi connectivity index (χ1) is 18.0. The highest BCUT2D eigenvalue weighted by atomic mass is 32.1. The fraction of sp³-hybridized carbons (Fsp3) is 0.517. The molecular formula is C29H37N5O2S. The number of ether oxygens (including phenoxy) is 1. The lowest BCUT2D eigenvalue weighted by Crippen LogP contribution is -2.39. The minimum atomic E-state index is 0.158. The first-order valence-corrected chi connectivity index (χ1v) is 14.4. The van der Waals surface area contributed by atoms with Gasteiger partial charge in [0.15, 0.2) is 0 Å². The van der Waals surface area contributed by atoms with E-state index in [1.165, 1.54) is 16.7 Å². The zero-order valence-electron chi connectivity index (χ0n) is 22.2. The van der Waals surface area contributed by atoms with E-state index in [1.807, 2.05) is 17.3 Å². The third kappa shape index (κ3) is 6.29. The molecule has 0 spiro atoms. The van der Waals surface area contributed by atoms with Gasteiger partial charge in [-0.05, 0) is 47.6 Å². The van der Waals surface area contributed by atoms with Gasteiger partial charge in [-0.3, -0.25) is 4.79 Å². The SMILES string of the molecule is CCCc1cnc(N2CCC(Oc3nc4ccc(C5=CCN(C(=O)CC(C)C)CC5)cc4s3)CC2)nc1. The number of nitrogens with zero attached hydrogens (tertiary/aromatic N) is 5. The standard InChI is InChI=1S/C29H37N5O2S/c1-4-5-21-18-30-28(31-19-21)34-14-10-24(11-15-34)36-29-32-25-7-6-23(17-26(25)37-29)22-8-12-33(13-9-22)27(35)16-20(2)3/h6-8,17-20,24H,4-5,9-16H2,1-3H3. The van der Waals surface area contributed by atoms with Gasteiger partial charge in [-0.2, -0.15) is 0 Å². The highest BCUT2D eigenvalue weighted by Crippen LogP contribution is 2.33. The van der Waals surface area contributed by atoms with Crippen LogP contribution in [0.3, 0.4) is 0 Å². The maximum Gasteiger partial charge on any atom is 0.274 e. The van der Waals surface area contributed by atoms with E-state index < -0.39 is 0 Å². The number of amides is 1. The molecule has 0 bridgehead atoms. The number of aromatic nitrogens is 3. The van der Waals surface area contributed by atoms with Gasteiger partial charge in [0.05, 0.1) is 10.2 Å². The predicted molar refractivity (Wildman–Crippen MR) is 150 cm³/mol. The van der Waals surface area contributed by atoms with Crippen molar-refractivity contribution < 1.29 is 9.53 Å². The van der Waals surface area contributed by atoms with E-state index in [2.05, 4.69) is 59.9 Å². The fourth-order valence-corrected chi connectivity index (χ4v) is 5.96. The molecule has 37 heavy (non-hydrogen) atoms. The minimum Gasteiger partial charge on any atom is -0.467 e. The molecule has 0 radical (unpaired) electrons. The molecule has 1 fully saturated rings. The number of aryl methyl sites for hydroxylation is 1. The second kappa shape index (κ2) is 11.6. The molecule has 7 nitrogen and oxygen atoms in total. The van der Waals surface area contributed by atoms with E-state index in [0.717, 1.165) is 73.1 Å². The fourth-order valence-electron chi connectivity index (χ4n) is 5.04. The van der Waals surface area contributed by atoms with Crippen LogP contribution in [-0.2, 0) is 11.2 Å². The Hall–Kier alpha value is -3.00. The van der Waals surface area contributed by atoms with Crippen molar-refractivity contribution in [3.05, 3.63) is 47.8 Å². The maximum atomic E-state index is 12.4. The van der Waals surface area contributed by atoms with E-state index in [-0.39, 0.29) is 12.0 Å². The summed E-state index contributed by atoms with van der Waals surface area (Å²) in [6, 6.07) is 6.46. The van der Waals surface area contributed by atoms with Gasteiger partial charge >= 0.3 is 0 Å². The lowest BCUT2D eigenvalue weighted by molar-refractivity contribution is -0.131. The molecule has 1 saturated heterocycles. The molecule has 0 N–H and O–H groups in total. The maximum absolute atomic E-state index is 12.4. The lowest BCUT2D eigenvalue weighted by atomic mass is 9.99. The van der Waals surface area contributed by atoms with Gasteiger partial charge in [0, 0.05) is 57.8 Å². The molecule has 2 aromatic heterocycles. The summed E-state index contributed by atoms with van der Waals surface area (Å²) in [6.07, 6.45) is 11.8. The molecule has 1 aromatic carbocycles. The van der Waals surface area contributed by atoms with Crippen molar-refractivity contribution in [2.24, 2.45) is 5.92 Å². The van der Waals surface area contributed by atoms with Crippen molar-refractivity contribution in [2.75, 3.05) is 31.1 Å². The van der Waals surface area contributed by atoms with Gasteiger partial charge in [0.1, 0.15) is 6.10 Å². The number of thiazole rings is 1. The number of rotatable bonds is 8. The molecule has 8 heteroatoms. The van der Waals surface area contributed by atoms with Crippen molar-refractivity contribution in [2.45, 2.75) is 65.4 Å². The summed E-state index contributed by atoms with van der Waals surface area (Å²) < 4.78 is 7.46. The van der Waals surface area contributed by atoms with Crippen LogP contribution in [0, 0.1) is 5.92 Å². The Kier molecular flexibility index (Phi) is 8.03. The topological polar surface area (TPSA) is 71.5 Å². The molecule has 2 aliphatic heterocycles. The molecule has 3 aromatic rings. The number of hydrogen-bond acceptors (Lipinski definition) is 7. The number of carbonyl (C=O) groups is 1. The van der Waals surface area contributed by atoms with Crippen molar-refractivity contribution in [3.63, 3.8) is 0 Å². The zero-order valence-corrected chi connectivity index (χ0v) is 23.0. The zero-order chi connectivity index (χ0) is 25.8. The van der Waals surface area contributed by atoms with E-state index in [9.17, 15) is 4.79 Å². The van der Waals surface area contributed by atoms with Gasteiger partial charge in [-0.25, -0.2) is 15.0 Å². The largest absolute Gasteiger partial charge is 0.467 e. The Bertz CT molecular complexity index is 1240. The number of benzene rings is 1. The molecular weight excluding hydrogens is 482 g/mol. The summed E-state index contributed by atoms with van der Waals surface area (Å²) >= 11 is 1.62. The highest BCUT2D eigenvalue weighted by Gasteiger charge is 2.24. The third-order valence-electron chi connectivity index (χ3n) is 7.11. The summed E-state index contributed by atoms with van der Waals surface area (Å²) in [5.74, 6) is 1.47. The van der Waals surface area contributed by atoms with Crippen LogP contribution in [0.25, 0.3) is 15.8 Å². The van der Waals surface area contributed by atoms with E-state index in [0.29, 0.717) is 18.9 Å². The van der Waals surface area contributed by atoms with Crippen LogP contribution in [0.15, 0.2) is 36.7 Å². The second-order valence-electron chi connectivity index (χ2n) is 10.5. The Morgan fingerprint density at radius 3 is 2.62 bits per heavy atom. The first-order valence-electron chi connectivity index (χ1n) is 13.6. The molecule has 1 amide bonds. The molecule has 0 unspecified atom stereocenters. The number of fused-ring (bicyclic) bond motifs is 1. The summed E-state index contributed by atoms with van der Waals surface area (Å²) in [5.41, 5.74) is 4.70. The summed E-state index contributed by atoms with van der Waals surface area (Å²) in [7, 11) is 0. The molecule has 196 valence electrons. The van der Waals surface area contributed by atoms with Crippen molar-refractivity contribution in [1.82, 2.24) is 19.9 Å². The number of carbonyl (C=O) groups excluding carboxylic acids is 1. The average Bonchev–Trinajstić information content (AvgIpc) is 3.31. The molecule has 0 saturated carbocycles. The van der Waals surface area contributed by atoms with E-state index in [1.54, 1.807) is 11.3 Å². The molecule has 0 atom stereocenters. The van der Waals surface area contributed by atoms with Crippen molar-refractivity contribution >= 4 is 39.0 Å². The third-order valence-corrected chi connectivity index (χ3v) is 8.02. The smallest absolute Gasteiger partial charge is 0.274 e. The quantitative estimate of drug-likeness (QED) is 0.377. The molecule has 2 aliphatic rings. The van der Waals surface area contributed by atoms with Crippen molar-refractivity contribution in [3.8, 4) is 5.19 Å². The van der Waals surface area contributed by atoms with Crippen molar-refractivity contribution in [1.29, 1.82) is 0 Å². The van der Waals surface area contributed by atoms with Crippen LogP contribution >= 0.6 is 11.3 Å². The van der Waals surface area contributed by atoms with Crippen LogP contribution in [0.1, 0.15) is 64.0 Å². The van der Waals surface area contributed by atoms with E-state index >= 15 is 0 Å². The second-order valence-corrected chi connectivity index (χ2v) is 11.5. The van der Waals surface area contributed by atoms with Crippen LogP contribution in [0.4, 0.5) is 5.95 Å². The van der Waals surface area contributed by atoms with E-state index in [4.69, 9.17) is 9.72 Å². The average molecular weight is 520 g/mol. The normalized spacial score (nSPS) is 16.9. The van der Waals surface area contributed by atoms with Gasteiger partial charge < -0.3 is 14.5 Å². The number of piperidine rings is 1. The van der Waals surface area contributed by atoms with Crippen LogP contribution in [0.2, 0.25) is 0 Å². The van der Waals surface area contributed by atoms with Gasteiger partial charge in [0.25, 0.3) is 5.19 Å². The Morgan fingerprint density at radius 2 is 1.95 bits per heavy atom. The molecule has 0 aliphatic carbocycles. The minimum absolute atomic E-state index is 0.158. The summed E-state index contributed by atoms with van der Waals surface area (Å²) in [5, 5.41) is 0.744. The molecule has 5 rings (SSSR count). The van der Waals surface area contributed by atoms with Crippen LogP contribution in [-0.4, -0.2) is 58.0 Å². The molecule has 4 heterocycles. The Morgan fingerprint density at radius 1 is 1.16 bits per heavy atom. The predicted octanol–water partition coefficient (Wildman–Crippen LogP) is 5.75. The van der Waals surface area contributed by atoms with Crippen LogP contribution < -0.4 is 9.64 Å². The lowest BCUT2D eigenvalue weighted by Gasteiger charge is -2.31. The first kappa shape index (κ1) is 25.6. The summed E-state index contributed by atoms with van der Waals surface area (Å²) in [4.78, 5) is 30.5. The number of hydrogen-bond donors (Lipinski definition) is 0. The van der Waals surface area contributed by atoms with Gasteiger partial charge in [-0.1, -0.05) is 50.7 Å². The monoisotopic (exact) mass is 519 g/mol. The highest BCUT2D eigenvalue weighted by molar-refractivity contribution is 7.20. The summed E-state index contributed by atoms with van der Waals surface area (Å²) in [6.45, 7) is 9.62. The number of anilines is 1. The van der Waals surface area contributed by atoms with Gasteiger partial charge in [-0.15, -0.1) is 0 Å². The van der Waals surface area contributed by atoms with Gasteiger partial charge in [0.2, 0.25) is 11.9 Å². The van der Waals surface area contributed by atoms with Crippen LogP contribution in [0.5, 0.6) is 5.19 Å². The Balaban J connectivity index is 1.17. The Labute approximate surface area is 223 Å².